The Morgan fingerprint density at radius 3 is 2.35 bits per heavy atom. The average Bonchev–Trinajstić information content (AvgIpc) is 2.95. The minimum atomic E-state index is -2.76. The molecule has 2 unspecified atom stereocenters. The number of primary amides is 1. The lowest BCUT2D eigenvalue weighted by atomic mass is 9.52. The van der Waals surface area contributed by atoms with Crippen LogP contribution in [0.25, 0.3) is 10.8 Å². The zero-order chi connectivity index (χ0) is 32.7. The fourth-order valence-electron chi connectivity index (χ4n) is 8.42. The van der Waals surface area contributed by atoms with Crippen molar-refractivity contribution in [3.05, 3.63) is 34.9 Å². The van der Waals surface area contributed by atoms with Crippen LogP contribution in [0.15, 0.2) is 18.2 Å². The van der Waals surface area contributed by atoms with Crippen LogP contribution in [-0.2, 0) is 32.1 Å². The van der Waals surface area contributed by atoms with Crippen LogP contribution in [0.2, 0.25) is 0 Å². The third-order valence-electron chi connectivity index (χ3n) is 11.0. The number of likely N-dealkylation sites (tertiary alicyclic amines) is 2. The van der Waals surface area contributed by atoms with Crippen molar-refractivity contribution in [1.29, 1.82) is 0 Å². The van der Waals surface area contributed by atoms with Crippen LogP contribution >= 0.6 is 0 Å². The molecular formula is C34H40N4O8. The van der Waals surface area contributed by atoms with Crippen molar-refractivity contribution >= 4 is 39.8 Å². The first-order chi connectivity index (χ1) is 21.9. The van der Waals surface area contributed by atoms with E-state index in [4.69, 9.17) is 10.5 Å². The van der Waals surface area contributed by atoms with Gasteiger partial charge in [0.2, 0.25) is 5.91 Å². The van der Waals surface area contributed by atoms with Crippen molar-refractivity contribution in [3.8, 4) is 11.5 Å². The van der Waals surface area contributed by atoms with Gasteiger partial charge in [0.25, 0.3) is 0 Å². The Hall–Kier alpha value is -3.71. The van der Waals surface area contributed by atoms with Gasteiger partial charge in [0, 0.05) is 35.3 Å². The Morgan fingerprint density at radius 1 is 1.04 bits per heavy atom. The van der Waals surface area contributed by atoms with Gasteiger partial charge in [-0.15, -0.1) is 0 Å². The third kappa shape index (κ3) is 4.52. The molecule has 1 amide bonds. The van der Waals surface area contributed by atoms with Crippen LogP contribution in [0.3, 0.4) is 0 Å². The van der Waals surface area contributed by atoms with Crippen molar-refractivity contribution in [2.45, 2.75) is 43.9 Å². The number of nitrogens with zero attached hydrogens (tertiary/aromatic N) is 3. The highest BCUT2D eigenvalue weighted by molar-refractivity contribution is 6.32. The predicted octanol–water partition coefficient (Wildman–Crippen LogP) is 0.310. The summed E-state index contributed by atoms with van der Waals surface area (Å²) in [6.45, 7) is 5.72. The van der Waals surface area contributed by atoms with E-state index >= 15 is 0 Å². The SMILES string of the molecule is CN(C)[C@@H]1C(=O)C(C(N)=O)C(=O)[C@@]2(O)C(=O)C3C(=O)c4c(c(OCCN5CCC5)c5ccc(CN6CCC6)cc5c4O)C[C@H]3C[C@@H]12. The molecule has 12 heteroatoms. The molecule has 0 aromatic heterocycles. The topological polar surface area (TPSA) is 171 Å². The molecule has 2 saturated carbocycles. The van der Waals surface area contributed by atoms with E-state index in [-0.39, 0.29) is 24.2 Å². The second-order valence-electron chi connectivity index (χ2n) is 13.9. The molecule has 2 aromatic rings. The smallest absolute Gasteiger partial charge is 0.235 e. The Labute approximate surface area is 266 Å². The molecule has 2 saturated heterocycles. The summed E-state index contributed by atoms with van der Waals surface area (Å²) in [6, 6.07) is 4.62. The molecular weight excluding hydrogens is 592 g/mol. The van der Waals surface area contributed by atoms with Crippen molar-refractivity contribution in [1.82, 2.24) is 14.7 Å². The minimum absolute atomic E-state index is 0.00924. The fourth-order valence-corrected chi connectivity index (χ4v) is 8.42. The van der Waals surface area contributed by atoms with Crippen LogP contribution < -0.4 is 10.5 Å². The summed E-state index contributed by atoms with van der Waals surface area (Å²) in [7, 11) is 3.14. The van der Waals surface area contributed by atoms with Gasteiger partial charge in [0.05, 0.1) is 17.5 Å². The van der Waals surface area contributed by atoms with Crippen molar-refractivity contribution in [2.75, 3.05) is 53.4 Å². The lowest BCUT2D eigenvalue weighted by Crippen LogP contribution is -2.74. The fraction of sp³-hybridized carbons (Fsp3) is 0.559. The van der Waals surface area contributed by atoms with E-state index in [0.717, 1.165) is 44.6 Å². The maximum atomic E-state index is 14.4. The van der Waals surface area contributed by atoms with Gasteiger partial charge in [-0.1, -0.05) is 12.1 Å². The van der Waals surface area contributed by atoms with E-state index < -0.39 is 64.4 Å². The molecule has 2 heterocycles. The zero-order valence-corrected chi connectivity index (χ0v) is 26.2. The molecule has 6 atom stereocenters. The van der Waals surface area contributed by atoms with Crippen molar-refractivity contribution < 1.29 is 38.9 Å². The normalized spacial score (nSPS) is 31.3. The van der Waals surface area contributed by atoms with Crippen LogP contribution in [0, 0.1) is 23.7 Å². The third-order valence-corrected chi connectivity index (χ3v) is 11.0. The number of benzene rings is 2. The van der Waals surface area contributed by atoms with Crippen LogP contribution in [0.4, 0.5) is 0 Å². The molecule has 0 radical (unpaired) electrons. The summed E-state index contributed by atoms with van der Waals surface area (Å²) in [4.78, 5) is 73.9. The number of ether oxygens (including phenoxy) is 1. The Bertz CT molecular complexity index is 1680. The number of rotatable bonds is 8. The molecule has 7 rings (SSSR count). The van der Waals surface area contributed by atoms with Gasteiger partial charge in [-0.3, -0.25) is 38.7 Å². The maximum absolute atomic E-state index is 14.4. The molecule has 2 aliphatic heterocycles. The van der Waals surface area contributed by atoms with Crippen molar-refractivity contribution in [2.24, 2.45) is 29.4 Å². The van der Waals surface area contributed by atoms with Gasteiger partial charge < -0.3 is 20.7 Å². The molecule has 2 aromatic carbocycles. The quantitative estimate of drug-likeness (QED) is 0.342. The number of ketones is 4. The van der Waals surface area contributed by atoms with Crippen LogP contribution in [-0.4, -0.2) is 119 Å². The second kappa shape index (κ2) is 11.2. The van der Waals surface area contributed by atoms with Gasteiger partial charge in [-0.2, -0.15) is 0 Å². The number of carbonyl (C=O) groups is 5. The number of amides is 1. The van der Waals surface area contributed by atoms with E-state index in [9.17, 15) is 34.2 Å². The standard InChI is InChI=1S/C34H40N4O8/c1-36(2)26-22-15-18-14-21-24(28(40)23(18)31(42)34(22,45)32(43)25(29(26)41)33(35)44)27(39)20-13-17(16-38-9-4-10-38)5-6-19(20)30(21)46-12-11-37-7-3-8-37/h5-6,13,18,22-23,25-26,39,45H,3-4,7-12,14-16H2,1-2H3,(H2,35,44)/t18-,22-,23?,25?,26-,34-/m0/s1. The van der Waals surface area contributed by atoms with Crippen LogP contribution in [0.5, 0.6) is 11.5 Å². The van der Waals surface area contributed by atoms with Gasteiger partial charge in [-0.25, -0.2) is 0 Å². The first-order valence-corrected chi connectivity index (χ1v) is 16.2. The number of nitrogens with two attached hydrogens (primary N) is 1. The predicted molar refractivity (Wildman–Crippen MR) is 165 cm³/mol. The summed E-state index contributed by atoms with van der Waals surface area (Å²) in [5.74, 6) is -10.1. The van der Waals surface area contributed by atoms with E-state index in [1.165, 1.54) is 4.90 Å². The Kier molecular flexibility index (Phi) is 7.54. The number of phenolic OH excluding ortho intramolecular Hbond substituents is 1. The van der Waals surface area contributed by atoms with Gasteiger partial charge in [0.15, 0.2) is 34.7 Å². The van der Waals surface area contributed by atoms with E-state index in [1.54, 1.807) is 14.1 Å². The van der Waals surface area contributed by atoms with Crippen LogP contribution in [0.1, 0.15) is 40.7 Å². The second-order valence-corrected chi connectivity index (χ2v) is 13.9. The lowest BCUT2D eigenvalue weighted by Gasteiger charge is -2.52. The number of hydrogen-bond donors (Lipinski definition) is 3. The Morgan fingerprint density at radius 2 is 1.74 bits per heavy atom. The molecule has 0 spiro atoms. The molecule has 46 heavy (non-hydrogen) atoms. The van der Waals surface area contributed by atoms with Crippen molar-refractivity contribution in [3.63, 3.8) is 0 Å². The number of fused-ring (bicyclic) bond motifs is 4. The first-order valence-electron chi connectivity index (χ1n) is 16.2. The lowest BCUT2D eigenvalue weighted by molar-refractivity contribution is -0.181. The van der Waals surface area contributed by atoms with Gasteiger partial charge in [-0.05, 0) is 83.5 Å². The summed E-state index contributed by atoms with van der Waals surface area (Å²) < 4.78 is 6.43. The minimum Gasteiger partial charge on any atom is -0.507 e. The number of phenols is 1. The highest BCUT2D eigenvalue weighted by Crippen LogP contribution is 2.53. The van der Waals surface area contributed by atoms with Gasteiger partial charge in [0.1, 0.15) is 18.1 Å². The first kappa shape index (κ1) is 30.9. The van der Waals surface area contributed by atoms with E-state index in [2.05, 4.69) is 9.80 Å². The monoisotopic (exact) mass is 632 g/mol. The molecule has 0 bridgehead atoms. The van der Waals surface area contributed by atoms with Gasteiger partial charge >= 0.3 is 0 Å². The molecule has 3 aliphatic carbocycles. The molecule has 244 valence electrons. The number of likely N-dealkylation sites (N-methyl/N-ethyl adjacent to an activating group) is 1. The number of aliphatic hydroxyl groups is 1. The van der Waals surface area contributed by atoms with E-state index in [0.29, 0.717) is 41.8 Å². The molecule has 12 nitrogen and oxygen atoms in total. The average molecular weight is 633 g/mol. The summed E-state index contributed by atoms with van der Waals surface area (Å²) in [5.41, 5.74) is 4.08. The number of hydrogen-bond acceptors (Lipinski definition) is 11. The number of Topliss-reactive ketones (excluding diaryl/α,β-unsaturated/α-hetero) is 4. The van der Waals surface area contributed by atoms with E-state index in [1.807, 2.05) is 18.2 Å². The summed E-state index contributed by atoms with van der Waals surface area (Å²) in [5, 5.41) is 24.7. The molecule has 4 fully saturated rings. The highest BCUT2D eigenvalue weighted by Gasteiger charge is 2.69. The zero-order valence-electron chi connectivity index (χ0n) is 26.2. The molecule has 5 aliphatic rings. The maximum Gasteiger partial charge on any atom is 0.235 e. The Balaban J connectivity index is 1.33. The molecule has 4 N–H and O–H groups in total. The highest BCUT2D eigenvalue weighted by atomic mass is 16.5. The summed E-state index contributed by atoms with van der Waals surface area (Å²) >= 11 is 0. The number of aromatic hydroxyl groups is 1. The summed E-state index contributed by atoms with van der Waals surface area (Å²) in [6.07, 6.45) is 2.41. The number of carbonyl (C=O) groups excluding carboxylic acids is 5. The largest absolute Gasteiger partial charge is 0.507 e.